The average Bonchev–Trinajstić information content (AvgIpc) is 2.63. The van der Waals surface area contributed by atoms with Gasteiger partial charge in [0.1, 0.15) is 0 Å². The van der Waals surface area contributed by atoms with Crippen molar-refractivity contribution in [2.75, 3.05) is 13.1 Å². The third kappa shape index (κ3) is 4.84. The molecule has 0 aromatic carbocycles. The molecule has 2 nitrogen and oxygen atoms in total. The highest BCUT2D eigenvalue weighted by Crippen LogP contribution is 2.28. The Morgan fingerprint density at radius 3 is 2.38 bits per heavy atom. The first-order chi connectivity index (χ1) is 7.56. The lowest BCUT2D eigenvalue weighted by molar-refractivity contribution is 0.326. The van der Waals surface area contributed by atoms with Crippen LogP contribution in [0.5, 0.6) is 0 Å². The van der Waals surface area contributed by atoms with Gasteiger partial charge in [0.05, 0.1) is 0 Å². The second kappa shape index (κ2) is 6.61. The van der Waals surface area contributed by atoms with Gasteiger partial charge in [0.2, 0.25) is 0 Å². The van der Waals surface area contributed by atoms with Gasteiger partial charge in [0.25, 0.3) is 0 Å². The van der Waals surface area contributed by atoms with Gasteiger partial charge in [-0.2, -0.15) is 0 Å². The monoisotopic (exact) mass is 226 g/mol. The number of hydrogen-bond acceptors (Lipinski definition) is 2. The second-order valence-corrected chi connectivity index (χ2v) is 6.21. The third-order valence-electron chi connectivity index (χ3n) is 3.95. The molecule has 96 valence electrons. The topological polar surface area (TPSA) is 38.0 Å². The number of nitrogens with one attached hydrogen (secondary N) is 1. The molecule has 1 saturated carbocycles. The summed E-state index contributed by atoms with van der Waals surface area (Å²) >= 11 is 0. The normalized spacial score (nSPS) is 21.6. The Labute approximate surface area is 101 Å². The average molecular weight is 226 g/mol. The SMILES string of the molecule is CC(C)CC(CN)CCNC1(C)CCCC1. The number of hydrogen-bond donors (Lipinski definition) is 2. The molecule has 0 aromatic heterocycles. The van der Waals surface area contributed by atoms with E-state index in [2.05, 4.69) is 26.1 Å². The molecule has 0 heterocycles. The molecule has 0 spiro atoms. The highest BCUT2D eigenvalue weighted by molar-refractivity contribution is 4.88. The summed E-state index contributed by atoms with van der Waals surface area (Å²) in [6.45, 7) is 8.93. The van der Waals surface area contributed by atoms with E-state index in [0.29, 0.717) is 11.5 Å². The van der Waals surface area contributed by atoms with E-state index in [4.69, 9.17) is 5.73 Å². The maximum Gasteiger partial charge on any atom is 0.0153 e. The van der Waals surface area contributed by atoms with E-state index < -0.39 is 0 Å². The first-order valence-corrected chi connectivity index (χ1v) is 7.01. The first kappa shape index (κ1) is 14.0. The Balaban J connectivity index is 2.17. The van der Waals surface area contributed by atoms with Gasteiger partial charge in [-0.05, 0) is 57.5 Å². The molecule has 0 radical (unpaired) electrons. The molecule has 1 aliphatic carbocycles. The Kier molecular flexibility index (Phi) is 5.77. The van der Waals surface area contributed by atoms with Crippen LogP contribution in [-0.2, 0) is 0 Å². The smallest absolute Gasteiger partial charge is 0.0153 e. The third-order valence-corrected chi connectivity index (χ3v) is 3.95. The molecule has 0 saturated heterocycles. The van der Waals surface area contributed by atoms with Crippen LogP contribution in [0.2, 0.25) is 0 Å². The van der Waals surface area contributed by atoms with E-state index in [-0.39, 0.29) is 0 Å². The minimum atomic E-state index is 0.428. The van der Waals surface area contributed by atoms with Crippen molar-refractivity contribution in [3.63, 3.8) is 0 Å². The number of nitrogens with two attached hydrogens (primary N) is 1. The van der Waals surface area contributed by atoms with Crippen LogP contribution >= 0.6 is 0 Å². The summed E-state index contributed by atoms with van der Waals surface area (Å²) in [4.78, 5) is 0. The van der Waals surface area contributed by atoms with E-state index in [1.54, 1.807) is 0 Å². The molecule has 1 fully saturated rings. The van der Waals surface area contributed by atoms with Crippen molar-refractivity contribution in [2.45, 2.75) is 64.8 Å². The van der Waals surface area contributed by atoms with Crippen molar-refractivity contribution < 1.29 is 0 Å². The Hall–Kier alpha value is -0.0800. The molecule has 1 atom stereocenters. The largest absolute Gasteiger partial charge is 0.330 e. The molecular weight excluding hydrogens is 196 g/mol. The maximum atomic E-state index is 5.82. The summed E-state index contributed by atoms with van der Waals surface area (Å²) in [6, 6.07) is 0. The molecule has 16 heavy (non-hydrogen) atoms. The van der Waals surface area contributed by atoms with E-state index >= 15 is 0 Å². The lowest BCUT2D eigenvalue weighted by Crippen LogP contribution is -2.40. The van der Waals surface area contributed by atoms with Crippen molar-refractivity contribution in [2.24, 2.45) is 17.6 Å². The molecule has 1 rings (SSSR count). The summed E-state index contributed by atoms with van der Waals surface area (Å²) in [7, 11) is 0. The number of rotatable bonds is 7. The minimum Gasteiger partial charge on any atom is -0.330 e. The summed E-state index contributed by atoms with van der Waals surface area (Å²) in [5.74, 6) is 1.48. The summed E-state index contributed by atoms with van der Waals surface area (Å²) in [6.07, 6.45) is 8.01. The van der Waals surface area contributed by atoms with Gasteiger partial charge < -0.3 is 11.1 Å². The molecule has 0 amide bonds. The Morgan fingerprint density at radius 1 is 1.25 bits per heavy atom. The van der Waals surface area contributed by atoms with Crippen molar-refractivity contribution in [1.29, 1.82) is 0 Å². The Morgan fingerprint density at radius 2 is 1.88 bits per heavy atom. The zero-order valence-electron chi connectivity index (χ0n) is 11.4. The van der Waals surface area contributed by atoms with Gasteiger partial charge >= 0.3 is 0 Å². The predicted octanol–water partition coefficient (Wildman–Crippen LogP) is 2.92. The standard InChI is InChI=1S/C14H30N2/c1-12(2)10-13(11-15)6-9-16-14(3)7-4-5-8-14/h12-13,16H,4-11,15H2,1-3H3. The second-order valence-electron chi connectivity index (χ2n) is 6.21. The van der Waals surface area contributed by atoms with Crippen molar-refractivity contribution in [3.05, 3.63) is 0 Å². The van der Waals surface area contributed by atoms with E-state index in [1.807, 2.05) is 0 Å². The van der Waals surface area contributed by atoms with Gasteiger partial charge in [0, 0.05) is 5.54 Å². The van der Waals surface area contributed by atoms with Crippen molar-refractivity contribution in [3.8, 4) is 0 Å². The highest BCUT2D eigenvalue weighted by atomic mass is 15.0. The van der Waals surface area contributed by atoms with Crippen LogP contribution in [0.1, 0.15) is 59.3 Å². The van der Waals surface area contributed by atoms with Gasteiger partial charge in [0.15, 0.2) is 0 Å². The fraction of sp³-hybridized carbons (Fsp3) is 1.00. The molecule has 1 unspecified atom stereocenters. The lowest BCUT2D eigenvalue weighted by atomic mass is 9.93. The minimum absolute atomic E-state index is 0.428. The van der Waals surface area contributed by atoms with Crippen LogP contribution in [0, 0.1) is 11.8 Å². The molecule has 2 heteroatoms. The van der Waals surface area contributed by atoms with Crippen LogP contribution in [0.3, 0.4) is 0 Å². The first-order valence-electron chi connectivity index (χ1n) is 7.01. The fourth-order valence-corrected chi connectivity index (χ4v) is 2.91. The van der Waals surface area contributed by atoms with Crippen LogP contribution in [0.25, 0.3) is 0 Å². The Bertz CT molecular complexity index is 183. The zero-order chi connectivity index (χ0) is 12.0. The van der Waals surface area contributed by atoms with Gasteiger partial charge in [-0.15, -0.1) is 0 Å². The van der Waals surface area contributed by atoms with Crippen LogP contribution < -0.4 is 11.1 Å². The molecule has 0 aromatic rings. The molecule has 1 aliphatic rings. The van der Waals surface area contributed by atoms with Gasteiger partial charge in [-0.3, -0.25) is 0 Å². The summed E-state index contributed by atoms with van der Waals surface area (Å²) in [5, 5.41) is 3.74. The quantitative estimate of drug-likeness (QED) is 0.700. The van der Waals surface area contributed by atoms with Crippen molar-refractivity contribution in [1.82, 2.24) is 5.32 Å². The van der Waals surface area contributed by atoms with E-state index in [0.717, 1.165) is 19.0 Å². The van der Waals surface area contributed by atoms with Gasteiger partial charge in [-0.1, -0.05) is 26.7 Å². The van der Waals surface area contributed by atoms with Crippen LogP contribution in [0.15, 0.2) is 0 Å². The van der Waals surface area contributed by atoms with Crippen molar-refractivity contribution >= 4 is 0 Å². The molecule has 0 bridgehead atoms. The highest BCUT2D eigenvalue weighted by Gasteiger charge is 2.27. The van der Waals surface area contributed by atoms with E-state index in [9.17, 15) is 0 Å². The lowest BCUT2D eigenvalue weighted by Gasteiger charge is -2.27. The molecule has 0 aliphatic heterocycles. The molecular formula is C14H30N2. The summed E-state index contributed by atoms with van der Waals surface area (Å²) < 4.78 is 0. The maximum absolute atomic E-state index is 5.82. The van der Waals surface area contributed by atoms with E-state index in [1.165, 1.54) is 38.5 Å². The zero-order valence-corrected chi connectivity index (χ0v) is 11.4. The van der Waals surface area contributed by atoms with Crippen LogP contribution in [-0.4, -0.2) is 18.6 Å². The summed E-state index contributed by atoms with van der Waals surface area (Å²) in [5.41, 5.74) is 6.25. The van der Waals surface area contributed by atoms with Gasteiger partial charge in [-0.25, -0.2) is 0 Å². The predicted molar refractivity (Wildman–Crippen MR) is 71.5 cm³/mol. The molecule has 3 N–H and O–H groups in total. The fourth-order valence-electron chi connectivity index (χ4n) is 2.91. The van der Waals surface area contributed by atoms with Crippen LogP contribution in [0.4, 0.5) is 0 Å².